The van der Waals surface area contributed by atoms with Gasteiger partial charge in [-0.2, -0.15) is 4.90 Å². The Bertz CT molecular complexity index is 1760. The molecule has 4 amide bonds. The van der Waals surface area contributed by atoms with Gasteiger partial charge in [-0.05, 0) is 84.5 Å². The van der Waals surface area contributed by atoms with Crippen molar-refractivity contribution in [1.29, 1.82) is 0 Å². The Morgan fingerprint density at radius 1 is 0.904 bits per heavy atom. The number of imide groups is 3. The second-order valence-corrected chi connectivity index (χ2v) is 15.6. The standard InChI is InChI=1S/C41H49ClN4O6/c1-41(2,3)52-39(49)44-22-27-17-18-30(42)19-28(27)23-45-24-29(26-11-5-4-6-12-26)20-36(45)38(48)46(37(47)21-43)40(50)51-25-35-33-15-9-7-13-31(33)32-14-8-10-16-34(32)35/h7-10,13-19,26,29,35-36H,4-6,11-12,20-25,43H2,1-3H3,(H,44,49)/t29?,36-/m0/s1. The number of benzene rings is 3. The number of nitrogens with zero attached hydrogens (tertiary/aromatic N) is 2. The Balaban J connectivity index is 1.23. The summed E-state index contributed by atoms with van der Waals surface area (Å²) >= 11 is 6.48. The Hall–Kier alpha value is -4.25. The quantitative estimate of drug-likeness (QED) is 0.233. The molecule has 1 saturated heterocycles. The van der Waals surface area contributed by atoms with Crippen LogP contribution in [-0.4, -0.2) is 65.1 Å². The number of hydrogen-bond acceptors (Lipinski definition) is 8. The third-order valence-electron chi connectivity index (χ3n) is 10.6. The van der Waals surface area contributed by atoms with Crippen LogP contribution in [0, 0.1) is 11.8 Å². The third-order valence-corrected chi connectivity index (χ3v) is 10.8. The molecule has 0 aromatic heterocycles. The lowest BCUT2D eigenvalue weighted by atomic mass is 9.79. The van der Waals surface area contributed by atoms with Gasteiger partial charge in [-0.3, -0.25) is 14.5 Å². The van der Waals surface area contributed by atoms with Crippen LogP contribution >= 0.6 is 11.6 Å². The fraction of sp³-hybridized carbons (Fsp3) is 0.463. The first-order valence-electron chi connectivity index (χ1n) is 18.3. The number of nitrogens with one attached hydrogen (secondary N) is 1. The van der Waals surface area contributed by atoms with Gasteiger partial charge < -0.3 is 20.5 Å². The summed E-state index contributed by atoms with van der Waals surface area (Å²) in [7, 11) is 0. The fourth-order valence-corrected chi connectivity index (χ4v) is 8.34. The second-order valence-electron chi connectivity index (χ2n) is 15.2. The highest BCUT2D eigenvalue weighted by Gasteiger charge is 2.45. The maximum Gasteiger partial charge on any atom is 0.423 e. The predicted octanol–water partition coefficient (Wildman–Crippen LogP) is 7.40. The van der Waals surface area contributed by atoms with Crippen molar-refractivity contribution in [3.63, 3.8) is 0 Å². The van der Waals surface area contributed by atoms with Crippen LogP contribution in [0.25, 0.3) is 11.1 Å². The summed E-state index contributed by atoms with van der Waals surface area (Å²) in [5.74, 6) is -1.05. The van der Waals surface area contributed by atoms with Gasteiger partial charge in [-0.1, -0.05) is 98.3 Å². The topological polar surface area (TPSA) is 131 Å². The van der Waals surface area contributed by atoms with E-state index >= 15 is 0 Å². The second kappa shape index (κ2) is 16.2. The van der Waals surface area contributed by atoms with Crippen molar-refractivity contribution < 1.29 is 28.7 Å². The van der Waals surface area contributed by atoms with Crippen LogP contribution in [0.1, 0.15) is 87.5 Å². The first-order valence-corrected chi connectivity index (χ1v) is 18.7. The van der Waals surface area contributed by atoms with Gasteiger partial charge in [-0.25, -0.2) is 9.59 Å². The Kier molecular flexibility index (Phi) is 11.7. The summed E-state index contributed by atoms with van der Waals surface area (Å²) in [4.78, 5) is 56.8. The molecule has 2 fully saturated rings. The van der Waals surface area contributed by atoms with Crippen molar-refractivity contribution in [1.82, 2.24) is 15.1 Å². The highest BCUT2D eigenvalue weighted by molar-refractivity contribution is 6.30. The monoisotopic (exact) mass is 728 g/mol. The molecule has 276 valence electrons. The summed E-state index contributed by atoms with van der Waals surface area (Å²) in [6, 6.07) is 20.6. The molecule has 11 heteroatoms. The summed E-state index contributed by atoms with van der Waals surface area (Å²) < 4.78 is 11.3. The van der Waals surface area contributed by atoms with Gasteiger partial charge in [0.05, 0.1) is 12.6 Å². The lowest BCUT2D eigenvalue weighted by Gasteiger charge is -2.29. The number of halogens is 1. The van der Waals surface area contributed by atoms with Crippen LogP contribution in [0.15, 0.2) is 66.7 Å². The largest absolute Gasteiger partial charge is 0.448 e. The zero-order valence-corrected chi connectivity index (χ0v) is 31.0. The molecule has 3 aromatic rings. The van der Waals surface area contributed by atoms with Gasteiger partial charge in [0.1, 0.15) is 12.2 Å². The minimum Gasteiger partial charge on any atom is -0.448 e. The normalized spacial score (nSPS) is 19.1. The number of carbonyl (C=O) groups is 4. The zero-order valence-electron chi connectivity index (χ0n) is 30.2. The summed E-state index contributed by atoms with van der Waals surface area (Å²) in [5.41, 5.74) is 11.0. The van der Waals surface area contributed by atoms with E-state index in [0.717, 1.165) is 59.1 Å². The first-order chi connectivity index (χ1) is 24.9. The molecule has 3 N–H and O–H groups in total. The smallest absolute Gasteiger partial charge is 0.423 e. The SMILES string of the molecule is CC(C)(C)OC(=O)NCc1ccc(Cl)cc1CN1CC(C2CCCCC2)C[C@H]1C(=O)N(C(=O)CN)C(=O)OCC1c2ccccc2-c2ccccc21. The van der Waals surface area contributed by atoms with E-state index < -0.39 is 42.2 Å². The number of fused-ring (bicyclic) bond motifs is 3. The number of ether oxygens (including phenoxy) is 2. The molecule has 3 aromatic carbocycles. The van der Waals surface area contributed by atoms with Gasteiger partial charge >= 0.3 is 12.2 Å². The average Bonchev–Trinajstić information content (AvgIpc) is 3.69. The van der Waals surface area contributed by atoms with Gasteiger partial charge in [-0.15, -0.1) is 0 Å². The zero-order chi connectivity index (χ0) is 37.0. The molecule has 1 aliphatic heterocycles. The van der Waals surface area contributed by atoms with Gasteiger partial charge in [0.25, 0.3) is 11.8 Å². The lowest BCUT2D eigenvalue weighted by molar-refractivity contribution is -0.144. The lowest BCUT2D eigenvalue weighted by Crippen LogP contribution is -2.52. The molecule has 1 unspecified atom stereocenters. The van der Waals surface area contributed by atoms with Crippen molar-refractivity contribution in [3.05, 3.63) is 94.0 Å². The van der Waals surface area contributed by atoms with Crippen molar-refractivity contribution >= 4 is 35.6 Å². The molecule has 0 spiro atoms. The molecule has 2 atom stereocenters. The number of nitrogens with two attached hydrogens (primary N) is 1. The van der Waals surface area contributed by atoms with E-state index in [0.29, 0.717) is 35.4 Å². The number of rotatable bonds is 9. The molecular formula is C41H49ClN4O6. The highest BCUT2D eigenvalue weighted by Crippen LogP contribution is 2.45. The van der Waals surface area contributed by atoms with Crippen molar-refractivity contribution in [2.45, 2.75) is 89.9 Å². The maximum absolute atomic E-state index is 14.5. The number of likely N-dealkylation sites (tertiary alicyclic amines) is 1. The van der Waals surface area contributed by atoms with Crippen LogP contribution in [0.2, 0.25) is 5.02 Å². The molecule has 3 aliphatic rings. The summed E-state index contributed by atoms with van der Waals surface area (Å²) in [5, 5.41) is 3.34. The molecule has 6 rings (SSSR count). The van der Waals surface area contributed by atoms with E-state index in [4.69, 9.17) is 26.8 Å². The Morgan fingerprint density at radius 2 is 1.56 bits per heavy atom. The van der Waals surface area contributed by atoms with Gasteiger partial charge in [0.2, 0.25) is 0 Å². The third kappa shape index (κ3) is 8.51. The number of hydrogen-bond donors (Lipinski definition) is 2. The average molecular weight is 729 g/mol. The van der Waals surface area contributed by atoms with Crippen LogP contribution in [0.3, 0.4) is 0 Å². The molecule has 10 nitrogen and oxygen atoms in total. The van der Waals surface area contributed by atoms with Gasteiger partial charge in [0, 0.05) is 30.6 Å². The molecule has 0 bridgehead atoms. The van der Waals surface area contributed by atoms with E-state index in [1.807, 2.05) is 65.6 Å². The molecular weight excluding hydrogens is 680 g/mol. The molecule has 2 aliphatic carbocycles. The maximum atomic E-state index is 14.5. The van der Waals surface area contributed by atoms with E-state index in [1.165, 1.54) is 6.42 Å². The number of carbonyl (C=O) groups excluding carboxylic acids is 4. The van der Waals surface area contributed by atoms with E-state index in [2.05, 4.69) is 5.32 Å². The molecule has 0 radical (unpaired) electrons. The van der Waals surface area contributed by atoms with Crippen LogP contribution < -0.4 is 11.1 Å². The van der Waals surface area contributed by atoms with Crippen molar-refractivity contribution in [2.75, 3.05) is 19.7 Å². The van der Waals surface area contributed by atoms with E-state index in [1.54, 1.807) is 26.8 Å². The van der Waals surface area contributed by atoms with Crippen LogP contribution in [0.4, 0.5) is 9.59 Å². The predicted molar refractivity (Wildman–Crippen MR) is 199 cm³/mol. The Morgan fingerprint density at radius 3 is 2.19 bits per heavy atom. The minimum absolute atomic E-state index is 0.0376. The summed E-state index contributed by atoms with van der Waals surface area (Å²) in [6.45, 7) is 5.96. The number of alkyl carbamates (subject to hydrolysis) is 1. The van der Waals surface area contributed by atoms with Crippen LogP contribution in [-0.2, 0) is 32.2 Å². The minimum atomic E-state index is -1.02. The first kappa shape index (κ1) is 37.5. The Labute approximate surface area is 311 Å². The number of amides is 4. The van der Waals surface area contributed by atoms with E-state index in [-0.39, 0.29) is 25.0 Å². The van der Waals surface area contributed by atoms with Crippen molar-refractivity contribution in [3.8, 4) is 11.1 Å². The molecule has 1 heterocycles. The molecule has 1 saturated carbocycles. The molecule has 52 heavy (non-hydrogen) atoms. The fourth-order valence-electron chi connectivity index (χ4n) is 8.15. The summed E-state index contributed by atoms with van der Waals surface area (Å²) in [6.07, 6.45) is 4.59. The van der Waals surface area contributed by atoms with Crippen LogP contribution in [0.5, 0.6) is 0 Å². The van der Waals surface area contributed by atoms with Crippen molar-refractivity contribution in [2.24, 2.45) is 17.6 Å². The van der Waals surface area contributed by atoms with Gasteiger partial charge in [0.15, 0.2) is 0 Å². The highest BCUT2D eigenvalue weighted by atomic mass is 35.5. The van der Waals surface area contributed by atoms with E-state index in [9.17, 15) is 19.2 Å².